The molecule has 19 heavy (non-hydrogen) atoms. The van der Waals surface area contributed by atoms with Crippen molar-refractivity contribution in [2.45, 2.75) is 32.3 Å². The Hall–Kier alpha value is -1.62. The van der Waals surface area contributed by atoms with Gasteiger partial charge in [-0.3, -0.25) is 10.1 Å². The molecule has 1 N–H and O–H groups in total. The second-order valence-corrected chi connectivity index (χ2v) is 5.26. The maximum Gasteiger partial charge on any atom is 0.275 e. The molecule has 1 aliphatic rings. The number of aliphatic hydroxyl groups excluding tert-OH is 1. The van der Waals surface area contributed by atoms with Gasteiger partial charge in [0.1, 0.15) is 0 Å². The molecule has 0 unspecified atom stereocenters. The van der Waals surface area contributed by atoms with Crippen LogP contribution in [0.1, 0.15) is 31.2 Å². The predicted octanol–water partition coefficient (Wildman–Crippen LogP) is 2.71. The summed E-state index contributed by atoms with van der Waals surface area (Å²) in [5.41, 5.74) is 1.29. The Morgan fingerprint density at radius 1 is 1.42 bits per heavy atom. The minimum Gasteiger partial charge on any atom is -0.391 e. The van der Waals surface area contributed by atoms with Gasteiger partial charge in [-0.1, -0.05) is 12.8 Å². The maximum atomic E-state index is 10.8. The molecule has 0 radical (unpaired) electrons. The zero-order chi connectivity index (χ0) is 13.8. The van der Waals surface area contributed by atoms with E-state index in [1.807, 2.05) is 7.05 Å². The van der Waals surface area contributed by atoms with Crippen molar-refractivity contribution >= 4 is 11.4 Å². The quantitative estimate of drug-likeness (QED) is 0.656. The Kier molecular flexibility index (Phi) is 4.37. The zero-order valence-corrected chi connectivity index (χ0v) is 11.2. The predicted molar refractivity (Wildman–Crippen MR) is 74.2 cm³/mol. The van der Waals surface area contributed by atoms with E-state index >= 15 is 0 Å². The lowest BCUT2D eigenvalue weighted by Gasteiger charge is -2.23. The summed E-state index contributed by atoms with van der Waals surface area (Å²) in [5, 5.41) is 20.1. The molecule has 5 nitrogen and oxygen atoms in total. The summed E-state index contributed by atoms with van der Waals surface area (Å²) < 4.78 is 0. The number of anilines is 1. The van der Waals surface area contributed by atoms with Crippen LogP contribution in [0.3, 0.4) is 0 Å². The van der Waals surface area contributed by atoms with Gasteiger partial charge in [-0.05, 0) is 30.9 Å². The summed E-state index contributed by atoms with van der Waals surface area (Å²) in [6.45, 7) is 0.671. The Morgan fingerprint density at radius 2 is 2.11 bits per heavy atom. The van der Waals surface area contributed by atoms with Crippen LogP contribution >= 0.6 is 0 Å². The van der Waals surface area contributed by atoms with Crippen molar-refractivity contribution in [3.63, 3.8) is 0 Å². The van der Waals surface area contributed by atoms with E-state index in [0.29, 0.717) is 5.56 Å². The monoisotopic (exact) mass is 264 g/mol. The van der Waals surface area contributed by atoms with Gasteiger partial charge in [0.25, 0.3) is 5.69 Å². The first-order chi connectivity index (χ1) is 9.11. The molecule has 104 valence electrons. The number of nitrogens with zero attached hydrogens (tertiary/aromatic N) is 2. The number of nitro groups is 1. The van der Waals surface area contributed by atoms with Crippen LogP contribution in [0.25, 0.3) is 0 Å². The van der Waals surface area contributed by atoms with Gasteiger partial charge < -0.3 is 10.0 Å². The first kappa shape index (κ1) is 13.8. The van der Waals surface area contributed by atoms with Crippen molar-refractivity contribution < 1.29 is 10.0 Å². The molecule has 0 saturated heterocycles. The van der Waals surface area contributed by atoms with Gasteiger partial charge in [-0.15, -0.1) is 0 Å². The Morgan fingerprint density at radius 3 is 2.68 bits per heavy atom. The standard InChI is InChI=1S/C14H20N2O3/c1-15(9-11-4-2-3-5-11)13-6-7-14(16(18)19)12(8-13)10-17/h6-8,11,17H,2-5,9-10H2,1H3. The van der Waals surface area contributed by atoms with Crippen LogP contribution in [-0.2, 0) is 6.61 Å². The molecule has 0 amide bonds. The van der Waals surface area contributed by atoms with Crippen LogP contribution in [-0.4, -0.2) is 23.6 Å². The molecule has 1 aromatic carbocycles. The Bertz CT molecular complexity index is 456. The number of aliphatic hydroxyl groups is 1. The van der Waals surface area contributed by atoms with E-state index in [1.54, 1.807) is 12.1 Å². The first-order valence-corrected chi connectivity index (χ1v) is 6.71. The van der Waals surface area contributed by atoms with Crippen LogP contribution in [0.5, 0.6) is 0 Å². The smallest absolute Gasteiger partial charge is 0.275 e. The van der Waals surface area contributed by atoms with Crippen LogP contribution in [0.4, 0.5) is 11.4 Å². The molecule has 1 aromatic rings. The molecule has 1 aliphatic carbocycles. The van der Waals surface area contributed by atoms with Crippen LogP contribution < -0.4 is 4.90 Å². The SMILES string of the molecule is CN(CC1CCCC1)c1ccc([N+](=O)[O-])c(CO)c1. The van der Waals surface area contributed by atoms with Gasteiger partial charge in [-0.25, -0.2) is 0 Å². The maximum absolute atomic E-state index is 10.8. The molecule has 1 fully saturated rings. The third kappa shape index (κ3) is 3.23. The van der Waals surface area contributed by atoms with E-state index in [-0.39, 0.29) is 12.3 Å². The number of nitro benzene ring substituents is 1. The molecule has 0 atom stereocenters. The lowest BCUT2D eigenvalue weighted by Crippen LogP contribution is -2.24. The highest BCUT2D eigenvalue weighted by molar-refractivity contribution is 5.55. The summed E-state index contributed by atoms with van der Waals surface area (Å²) in [7, 11) is 2.00. The molecule has 0 heterocycles. The third-order valence-corrected chi connectivity index (χ3v) is 3.88. The van der Waals surface area contributed by atoms with Crippen molar-refractivity contribution in [2.75, 3.05) is 18.5 Å². The van der Waals surface area contributed by atoms with Gasteiger partial charge in [0, 0.05) is 25.3 Å². The van der Waals surface area contributed by atoms with E-state index in [1.165, 1.54) is 31.7 Å². The molecule has 0 spiro atoms. The topological polar surface area (TPSA) is 66.6 Å². The van der Waals surface area contributed by atoms with Crippen LogP contribution in [0.15, 0.2) is 18.2 Å². The van der Waals surface area contributed by atoms with E-state index in [2.05, 4.69) is 4.90 Å². The Labute approximate surface area is 113 Å². The average molecular weight is 264 g/mol. The van der Waals surface area contributed by atoms with Crippen LogP contribution in [0.2, 0.25) is 0 Å². The van der Waals surface area contributed by atoms with Crippen molar-refractivity contribution in [1.82, 2.24) is 0 Å². The fourth-order valence-electron chi connectivity index (χ4n) is 2.80. The molecule has 2 rings (SSSR count). The number of rotatable bonds is 5. The number of hydrogen-bond acceptors (Lipinski definition) is 4. The molecule has 0 aromatic heterocycles. The normalized spacial score (nSPS) is 15.7. The molecule has 1 saturated carbocycles. The summed E-state index contributed by atoms with van der Waals surface area (Å²) in [6, 6.07) is 4.95. The van der Waals surface area contributed by atoms with Crippen molar-refractivity contribution in [2.24, 2.45) is 5.92 Å². The highest BCUT2D eigenvalue weighted by atomic mass is 16.6. The van der Waals surface area contributed by atoms with Crippen molar-refractivity contribution in [3.8, 4) is 0 Å². The summed E-state index contributed by atoms with van der Waals surface area (Å²) in [4.78, 5) is 12.5. The molecule has 0 aliphatic heterocycles. The largest absolute Gasteiger partial charge is 0.391 e. The fourth-order valence-corrected chi connectivity index (χ4v) is 2.80. The molecular weight excluding hydrogens is 244 g/mol. The first-order valence-electron chi connectivity index (χ1n) is 6.71. The number of hydrogen-bond donors (Lipinski definition) is 1. The fraction of sp³-hybridized carbons (Fsp3) is 0.571. The van der Waals surface area contributed by atoms with E-state index < -0.39 is 4.92 Å². The zero-order valence-electron chi connectivity index (χ0n) is 11.2. The highest BCUT2D eigenvalue weighted by Gasteiger charge is 2.19. The second-order valence-electron chi connectivity index (χ2n) is 5.26. The van der Waals surface area contributed by atoms with Crippen molar-refractivity contribution in [3.05, 3.63) is 33.9 Å². The van der Waals surface area contributed by atoms with Gasteiger partial charge in [0.15, 0.2) is 0 Å². The van der Waals surface area contributed by atoms with E-state index in [0.717, 1.165) is 18.2 Å². The van der Waals surface area contributed by atoms with Gasteiger partial charge >= 0.3 is 0 Å². The Balaban J connectivity index is 2.13. The summed E-state index contributed by atoms with van der Waals surface area (Å²) in [5.74, 6) is 0.720. The van der Waals surface area contributed by atoms with Gasteiger partial charge in [0.2, 0.25) is 0 Å². The molecular formula is C14H20N2O3. The second kappa shape index (κ2) is 6.02. The highest BCUT2D eigenvalue weighted by Crippen LogP contribution is 2.29. The summed E-state index contributed by atoms with van der Waals surface area (Å²) in [6.07, 6.45) is 5.15. The minimum absolute atomic E-state index is 0.0134. The van der Waals surface area contributed by atoms with Crippen molar-refractivity contribution in [1.29, 1.82) is 0 Å². The summed E-state index contributed by atoms with van der Waals surface area (Å²) >= 11 is 0. The minimum atomic E-state index is -0.452. The average Bonchev–Trinajstić information content (AvgIpc) is 2.90. The lowest BCUT2D eigenvalue weighted by atomic mass is 10.1. The van der Waals surface area contributed by atoms with E-state index in [4.69, 9.17) is 0 Å². The molecule has 5 heteroatoms. The van der Waals surface area contributed by atoms with Crippen LogP contribution in [0, 0.1) is 16.0 Å². The van der Waals surface area contributed by atoms with Gasteiger partial charge in [-0.2, -0.15) is 0 Å². The third-order valence-electron chi connectivity index (χ3n) is 3.88. The van der Waals surface area contributed by atoms with Gasteiger partial charge in [0.05, 0.1) is 17.1 Å². The number of benzene rings is 1. The van der Waals surface area contributed by atoms with E-state index in [9.17, 15) is 15.2 Å². The lowest BCUT2D eigenvalue weighted by molar-refractivity contribution is -0.385. The molecule has 0 bridgehead atoms.